The van der Waals surface area contributed by atoms with Crippen molar-refractivity contribution in [1.29, 1.82) is 0 Å². The zero-order valence-electron chi connectivity index (χ0n) is 8.90. The smallest absolute Gasteiger partial charge is 0.0951 e. The summed E-state index contributed by atoms with van der Waals surface area (Å²) in [6.45, 7) is 3.25. The van der Waals surface area contributed by atoms with Gasteiger partial charge < -0.3 is 14.8 Å². The van der Waals surface area contributed by atoms with E-state index in [4.69, 9.17) is 0 Å². The minimum atomic E-state index is 0.617. The van der Waals surface area contributed by atoms with Gasteiger partial charge in [0.25, 0.3) is 0 Å². The van der Waals surface area contributed by atoms with E-state index in [1.165, 1.54) is 18.7 Å². The fraction of sp³-hybridized carbons (Fsp3) is 0.700. The second kappa shape index (κ2) is 4.11. The highest BCUT2D eigenvalue weighted by molar-refractivity contribution is 5.01. The number of nitrogens with one attached hydrogen (secondary N) is 1. The van der Waals surface area contributed by atoms with Crippen LogP contribution in [0.15, 0.2) is 12.5 Å². The molecule has 1 aliphatic heterocycles. The molecule has 1 unspecified atom stereocenters. The first-order valence-electron chi connectivity index (χ1n) is 5.15. The summed E-state index contributed by atoms with van der Waals surface area (Å²) in [6, 6.07) is 0.617. The van der Waals surface area contributed by atoms with Gasteiger partial charge >= 0.3 is 0 Å². The lowest BCUT2D eigenvalue weighted by Gasteiger charge is -2.15. The van der Waals surface area contributed by atoms with Crippen LogP contribution in [0.1, 0.15) is 18.2 Å². The molecule has 4 heteroatoms. The van der Waals surface area contributed by atoms with Crippen LogP contribution in [-0.2, 0) is 6.54 Å². The molecule has 1 aromatic rings. The molecule has 1 aliphatic rings. The van der Waals surface area contributed by atoms with E-state index in [-0.39, 0.29) is 0 Å². The molecule has 0 bridgehead atoms. The fourth-order valence-corrected chi connectivity index (χ4v) is 2.12. The first-order chi connectivity index (χ1) is 6.81. The SMILES string of the molecule is CNCc1cncn1C1CCN(C)C1. The molecule has 2 rings (SSSR count). The van der Waals surface area contributed by atoms with Gasteiger partial charge in [0, 0.05) is 25.3 Å². The van der Waals surface area contributed by atoms with Gasteiger partial charge in [-0.15, -0.1) is 0 Å². The fourth-order valence-electron chi connectivity index (χ4n) is 2.12. The van der Waals surface area contributed by atoms with E-state index in [0.717, 1.165) is 13.1 Å². The molecule has 4 nitrogen and oxygen atoms in total. The second-order valence-electron chi connectivity index (χ2n) is 4.03. The normalized spacial score (nSPS) is 23.1. The van der Waals surface area contributed by atoms with E-state index < -0.39 is 0 Å². The summed E-state index contributed by atoms with van der Waals surface area (Å²) in [5.41, 5.74) is 1.28. The van der Waals surface area contributed by atoms with Crippen molar-refractivity contribution in [3.05, 3.63) is 18.2 Å². The molecule has 2 heterocycles. The molecule has 1 saturated heterocycles. The quantitative estimate of drug-likeness (QED) is 0.759. The summed E-state index contributed by atoms with van der Waals surface area (Å²) in [5.74, 6) is 0. The topological polar surface area (TPSA) is 33.1 Å². The van der Waals surface area contributed by atoms with Crippen molar-refractivity contribution in [1.82, 2.24) is 19.8 Å². The summed E-state index contributed by atoms with van der Waals surface area (Å²) in [4.78, 5) is 6.58. The molecule has 0 amide bonds. The highest BCUT2D eigenvalue weighted by Gasteiger charge is 2.22. The molecule has 78 valence electrons. The zero-order chi connectivity index (χ0) is 9.97. The Bertz CT molecular complexity index is 294. The summed E-state index contributed by atoms with van der Waals surface area (Å²) in [6.07, 6.45) is 5.15. The molecule has 0 saturated carbocycles. The van der Waals surface area contributed by atoms with Crippen LogP contribution in [0.25, 0.3) is 0 Å². The van der Waals surface area contributed by atoms with Crippen molar-refractivity contribution in [2.24, 2.45) is 0 Å². The van der Waals surface area contributed by atoms with Crippen LogP contribution >= 0.6 is 0 Å². The molecule has 0 spiro atoms. The van der Waals surface area contributed by atoms with Crippen LogP contribution in [0, 0.1) is 0 Å². The standard InChI is InChI=1S/C10H18N4/c1-11-5-10-6-12-8-14(10)9-3-4-13(2)7-9/h6,8-9,11H,3-5,7H2,1-2H3. The molecule has 1 fully saturated rings. The van der Waals surface area contributed by atoms with Crippen LogP contribution in [0.3, 0.4) is 0 Å². The number of hydrogen-bond donors (Lipinski definition) is 1. The first kappa shape index (κ1) is 9.68. The van der Waals surface area contributed by atoms with Crippen molar-refractivity contribution in [3.63, 3.8) is 0 Å². The predicted molar refractivity (Wildman–Crippen MR) is 56.1 cm³/mol. The molecule has 1 aromatic heterocycles. The second-order valence-corrected chi connectivity index (χ2v) is 4.03. The molecular formula is C10H18N4. The minimum Gasteiger partial charge on any atom is -0.329 e. The Hall–Kier alpha value is -0.870. The third-order valence-corrected chi connectivity index (χ3v) is 2.86. The summed E-state index contributed by atoms with van der Waals surface area (Å²) in [7, 11) is 4.15. The van der Waals surface area contributed by atoms with Gasteiger partial charge in [0.2, 0.25) is 0 Å². The third kappa shape index (κ3) is 1.81. The Morgan fingerprint density at radius 3 is 3.14 bits per heavy atom. The first-order valence-corrected chi connectivity index (χ1v) is 5.15. The maximum Gasteiger partial charge on any atom is 0.0951 e. The summed E-state index contributed by atoms with van der Waals surface area (Å²) >= 11 is 0. The molecule has 0 radical (unpaired) electrons. The minimum absolute atomic E-state index is 0.617. The van der Waals surface area contributed by atoms with Crippen molar-refractivity contribution in [2.75, 3.05) is 27.2 Å². The molecule has 0 aliphatic carbocycles. The van der Waals surface area contributed by atoms with Gasteiger partial charge in [0.15, 0.2) is 0 Å². The van der Waals surface area contributed by atoms with Crippen molar-refractivity contribution < 1.29 is 0 Å². The Morgan fingerprint density at radius 1 is 1.64 bits per heavy atom. The van der Waals surface area contributed by atoms with Crippen LogP contribution < -0.4 is 5.32 Å². The number of nitrogens with zero attached hydrogens (tertiary/aromatic N) is 3. The van der Waals surface area contributed by atoms with Crippen LogP contribution in [0.5, 0.6) is 0 Å². The Labute approximate surface area is 84.9 Å². The van der Waals surface area contributed by atoms with Crippen molar-refractivity contribution in [2.45, 2.75) is 19.0 Å². The molecular weight excluding hydrogens is 176 g/mol. The van der Waals surface area contributed by atoms with E-state index >= 15 is 0 Å². The highest BCUT2D eigenvalue weighted by atomic mass is 15.2. The van der Waals surface area contributed by atoms with Gasteiger partial charge in [-0.25, -0.2) is 4.98 Å². The maximum absolute atomic E-state index is 4.21. The monoisotopic (exact) mass is 194 g/mol. The van der Waals surface area contributed by atoms with Crippen molar-refractivity contribution in [3.8, 4) is 0 Å². The van der Waals surface area contributed by atoms with Crippen LogP contribution in [0.4, 0.5) is 0 Å². The van der Waals surface area contributed by atoms with Crippen LogP contribution in [0.2, 0.25) is 0 Å². The van der Waals surface area contributed by atoms with E-state index in [2.05, 4.69) is 26.8 Å². The highest BCUT2D eigenvalue weighted by Crippen LogP contribution is 2.21. The Balaban J connectivity index is 2.11. The summed E-state index contributed by atoms with van der Waals surface area (Å²) in [5, 5.41) is 3.17. The van der Waals surface area contributed by atoms with Gasteiger partial charge in [-0.3, -0.25) is 0 Å². The third-order valence-electron chi connectivity index (χ3n) is 2.86. The van der Waals surface area contributed by atoms with Crippen LogP contribution in [-0.4, -0.2) is 41.6 Å². The predicted octanol–water partition coefficient (Wildman–Crippen LogP) is 0.479. The van der Waals surface area contributed by atoms with Gasteiger partial charge in [-0.05, 0) is 27.1 Å². The van der Waals surface area contributed by atoms with E-state index in [1.807, 2.05) is 19.6 Å². The Kier molecular flexibility index (Phi) is 2.84. The average molecular weight is 194 g/mol. The lowest BCUT2D eigenvalue weighted by molar-refractivity contribution is 0.389. The molecule has 0 aromatic carbocycles. The van der Waals surface area contributed by atoms with Gasteiger partial charge in [-0.1, -0.05) is 0 Å². The number of likely N-dealkylation sites (N-methyl/N-ethyl adjacent to an activating group) is 1. The lowest BCUT2D eigenvalue weighted by Crippen LogP contribution is -2.19. The van der Waals surface area contributed by atoms with E-state index in [1.54, 1.807) is 0 Å². The number of rotatable bonds is 3. The molecule has 14 heavy (non-hydrogen) atoms. The van der Waals surface area contributed by atoms with Crippen molar-refractivity contribution >= 4 is 0 Å². The Morgan fingerprint density at radius 2 is 2.50 bits per heavy atom. The van der Waals surface area contributed by atoms with Gasteiger partial charge in [-0.2, -0.15) is 0 Å². The number of likely N-dealkylation sites (tertiary alicyclic amines) is 1. The maximum atomic E-state index is 4.21. The molecule has 1 N–H and O–H groups in total. The average Bonchev–Trinajstić information content (AvgIpc) is 2.74. The van der Waals surface area contributed by atoms with E-state index in [9.17, 15) is 0 Å². The largest absolute Gasteiger partial charge is 0.329 e. The number of aromatic nitrogens is 2. The van der Waals surface area contributed by atoms with Gasteiger partial charge in [0.05, 0.1) is 12.0 Å². The van der Waals surface area contributed by atoms with E-state index in [0.29, 0.717) is 6.04 Å². The van der Waals surface area contributed by atoms with Gasteiger partial charge in [0.1, 0.15) is 0 Å². The molecule has 1 atom stereocenters. The number of hydrogen-bond acceptors (Lipinski definition) is 3. The summed E-state index contributed by atoms with van der Waals surface area (Å²) < 4.78 is 2.31. The lowest BCUT2D eigenvalue weighted by atomic mass is 10.2. The number of imidazole rings is 1. The zero-order valence-corrected chi connectivity index (χ0v) is 8.90.